The Bertz CT molecular complexity index is 3780. The van der Waals surface area contributed by atoms with Gasteiger partial charge in [-0.15, -0.1) is 15.3 Å². The fourth-order valence-electron chi connectivity index (χ4n) is 4.40. The largest absolute Gasteiger partial charge is 0.383 e. The third-order valence-electron chi connectivity index (χ3n) is 10.8. The summed E-state index contributed by atoms with van der Waals surface area (Å²) in [6, 6.07) is 0.778. The van der Waals surface area contributed by atoms with Gasteiger partial charge < -0.3 is 19.3 Å². The quantitative estimate of drug-likeness (QED) is 0.0168. The number of nitrogens with zero attached hydrogens (tertiary/aromatic N) is 13. The summed E-state index contributed by atoms with van der Waals surface area (Å²) in [5.74, 6) is 1.80. The summed E-state index contributed by atoms with van der Waals surface area (Å²) >= 11 is 1.11. The van der Waals surface area contributed by atoms with Crippen LogP contribution in [-0.4, -0.2) is 203 Å². The summed E-state index contributed by atoms with van der Waals surface area (Å²) in [6.45, 7) is 42.8. The number of carbonyl (C=O) groups is 4. The summed E-state index contributed by atoms with van der Waals surface area (Å²) in [7, 11) is -10.6. The van der Waals surface area contributed by atoms with Crippen LogP contribution >= 0.6 is 19.3 Å². The van der Waals surface area contributed by atoms with Crippen molar-refractivity contribution in [2.75, 3.05) is 32.0 Å². The standard InChI is InChI=1S/C6H9NO2.C5H9N5O.C5H12N2O3S.C5H8N2O2.C5H8N2OS.C5H8N2O.C5H11NO2.C4H8N4O.C4H8N4.C4H11O3P.C4H10O2S.C3H8O3S/c1-4(2)5-3-6(8)7-9-5;1-3(2)4(11)6-5-7-9-10-8-5;1-4(2)6-5(8)7-11(3,9)10;2*1-3(2)4-5(8)7-9-6-4;1-4(2)5(8)7-3-6;1-4(2)5(7)6(3)8;1-3(2)8-4(9)5-6-7-8;1-3(2)4-5-7-8-6-4;1-4(2)8(5,6)7-3;1-4(2)7(3,5)6;1-3(2)7(4,5)6/h3-4H,1-2H3,(H,7,8);3H,1-2H3,(H2,6,7,8,9,10,11);4H,1-3H3,(H2,6,7,8);2*3H,1-2H3,(H,7,8);4H,1-2H3,(H,7,8);4,8H,1-3H3;3H,1-2H3,(H,5,7,9);3H,1-2H3,(H,5,6,7,8);4H,1-3H3,(H,5,6);4H,1-3H3;3H,1-2H3,(H,4,5,6). The van der Waals surface area contributed by atoms with Crippen molar-refractivity contribution in [2.24, 2.45) is 17.8 Å². The van der Waals surface area contributed by atoms with E-state index in [-0.39, 0.29) is 105 Å². The van der Waals surface area contributed by atoms with Gasteiger partial charge >= 0.3 is 24.9 Å². The Morgan fingerprint density at radius 2 is 1.19 bits per heavy atom. The fraction of sp³-hybridized carbons (Fsp3) is 0.727. The Morgan fingerprint density at radius 3 is 1.38 bits per heavy atom. The lowest BCUT2D eigenvalue weighted by Crippen LogP contribution is -2.41. The maximum Gasteiger partial charge on any atom is 0.361 e. The zero-order valence-electron chi connectivity index (χ0n) is 64.1. The molecule has 6 heterocycles. The smallest absolute Gasteiger partial charge is 0.361 e. The Kier molecular flexibility index (Phi) is 56.2. The van der Waals surface area contributed by atoms with Gasteiger partial charge in [0.05, 0.1) is 28.5 Å². The topological polar surface area (TPSA) is 656 Å². The fourth-order valence-corrected chi connectivity index (χ4v) is 5.84. The van der Waals surface area contributed by atoms with Crippen molar-refractivity contribution in [2.45, 2.75) is 218 Å². The summed E-state index contributed by atoms with van der Waals surface area (Å²) in [5, 5.41) is 65.7. The minimum Gasteiger partial charge on any atom is -0.383 e. The molecule has 13 N–H and O–H groups in total. The van der Waals surface area contributed by atoms with Crippen LogP contribution in [0, 0.1) is 29.2 Å². The number of hydrogen-bond acceptors (Lipinski definition) is 31. The van der Waals surface area contributed by atoms with Gasteiger partial charge in [0.1, 0.15) is 21.3 Å². The van der Waals surface area contributed by atoms with E-state index in [4.69, 9.17) is 24.4 Å². The molecule has 6 aromatic rings. The Morgan fingerprint density at radius 1 is 0.702 bits per heavy atom. The van der Waals surface area contributed by atoms with E-state index in [0.717, 1.165) is 23.8 Å². The highest BCUT2D eigenvalue weighted by molar-refractivity contribution is 7.91. The number of anilines is 1. The highest BCUT2D eigenvalue weighted by Gasteiger charge is 2.21. The molecule has 0 aliphatic carbocycles. The maximum atomic E-state index is 11.0. The minimum atomic E-state index is -3.74. The van der Waals surface area contributed by atoms with Gasteiger partial charge in [-0.2, -0.15) is 43.5 Å². The number of hydrogen-bond donors (Lipinski definition) is 13. The third kappa shape index (κ3) is 57.9. The molecule has 1 atom stereocenters. The molecule has 6 rings (SSSR count). The molecule has 6 aromatic heterocycles. The minimum absolute atomic E-state index is 0.0463. The molecule has 1 unspecified atom stereocenters. The van der Waals surface area contributed by atoms with Crippen molar-refractivity contribution in [1.29, 1.82) is 5.26 Å². The van der Waals surface area contributed by atoms with Crippen LogP contribution in [0.3, 0.4) is 0 Å². The number of nitriles is 1. The second-order valence-corrected chi connectivity index (χ2v) is 33.9. The summed E-state index contributed by atoms with van der Waals surface area (Å²) in [4.78, 5) is 93.8. The number of hydroxylamine groups is 2. The molecule has 0 fully saturated rings. The monoisotopic (exact) mass is 1590 g/mol. The van der Waals surface area contributed by atoms with E-state index < -0.39 is 48.9 Å². The number of rotatable bonds is 15. The maximum absolute atomic E-state index is 11.0. The Balaban J connectivity index is -0.000000252. The normalized spacial score (nSPS) is 11.2. The molecule has 0 spiro atoms. The van der Waals surface area contributed by atoms with Gasteiger partial charge in [-0.25, -0.2) is 41.3 Å². The van der Waals surface area contributed by atoms with Crippen LogP contribution in [-0.2, 0) is 53.5 Å². The van der Waals surface area contributed by atoms with Crippen molar-refractivity contribution < 1.29 is 77.3 Å². The molecule has 600 valence electrons. The Labute approximate surface area is 609 Å². The van der Waals surface area contributed by atoms with Gasteiger partial charge in [-0.1, -0.05) is 126 Å². The van der Waals surface area contributed by atoms with Crippen LogP contribution in [0.25, 0.3) is 0 Å². The highest BCUT2D eigenvalue weighted by atomic mass is 32.2. The van der Waals surface area contributed by atoms with Crippen molar-refractivity contribution in [1.82, 2.24) is 106 Å². The SMILES string of the molecule is CC(C)C(=O)N(C)O.CC(C)C(=O)NC#N.CC(C)C(=O)Nc1nn[nH]n1.CC(C)NC(=O)NS(C)(=O)=O.CC(C)S(=O)(=O)O.CC(C)S(C)(=O)=O.CC(C)c1cc(=O)[nH]o1.CC(C)c1nn[nH]n1.CC(C)c1no[nH]c1=O.CC(C)c1ns[nH]c1=O.CC(C)n1nn[nH]c1=O.COP(=O)(O)C(C)C. The molecule has 0 saturated heterocycles. The number of aromatic nitrogens is 17. The average Bonchev–Trinajstić information content (AvgIpc) is 1.73. The van der Waals surface area contributed by atoms with Crippen LogP contribution in [0.15, 0.2) is 34.4 Å². The molecule has 0 radical (unpaired) electrons. The van der Waals surface area contributed by atoms with Crippen molar-refractivity contribution in [3.05, 3.63) is 70.6 Å². The number of urea groups is 1. The molecule has 0 aliphatic rings. The van der Waals surface area contributed by atoms with Crippen LogP contribution in [0.4, 0.5) is 10.7 Å². The van der Waals surface area contributed by atoms with E-state index in [9.17, 15) is 68.2 Å². The molecule has 0 aliphatic heterocycles. The van der Waals surface area contributed by atoms with Crippen molar-refractivity contribution in [3.63, 3.8) is 0 Å². The molecule has 5 amide bonds. The zero-order chi connectivity index (χ0) is 83.0. The van der Waals surface area contributed by atoms with Crippen LogP contribution in [0.1, 0.15) is 219 Å². The van der Waals surface area contributed by atoms with E-state index in [1.807, 2.05) is 74.6 Å². The number of H-pyrrole nitrogens is 6. The third-order valence-corrected chi connectivity index (χ3v) is 16.6. The molecule has 0 bridgehead atoms. The molecule has 0 saturated carbocycles. The predicted molar refractivity (Wildman–Crippen MR) is 387 cm³/mol. The second kappa shape index (κ2) is 55.0. The van der Waals surface area contributed by atoms with Gasteiger partial charge in [-0.05, 0) is 71.0 Å². The lowest BCUT2D eigenvalue weighted by molar-refractivity contribution is -0.162. The first-order valence-electron chi connectivity index (χ1n) is 31.3. The predicted octanol–water partition coefficient (Wildman–Crippen LogP) is 4.53. The van der Waals surface area contributed by atoms with Gasteiger partial charge in [0.25, 0.3) is 27.2 Å². The van der Waals surface area contributed by atoms with Crippen molar-refractivity contribution in [3.8, 4) is 6.19 Å². The zero-order valence-corrected chi connectivity index (χ0v) is 68.3. The number of aromatic amines is 6. The number of tetrazole rings is 3. The number of sulfonamides is 1. The van der Waals surface area contributed by atoms with E-state index >= 15 is 0 Å². The van der Waals surface area contributed by atoms with E-state index in [2.05, 4.69) is 101 Å². The van der Waals surface area contributed by atoms with Crippen LogP contribution < -0.4 is 43.0 Å². The molecular weight excluding hydrogens is 1480 g/mol. The molecule has 49 heteroatoms. The first-order chi connectivity index (χ1) is 47.3. The van der Waals surface area contributed by atoms with Crippen molar-refractivity contribution >= 4 is 79.0 Å². The number of amides is 5. The first-order valence-corrected chi connectivity index (χ1v) is 39.1. The van der Waals surface area contributed by atoms with Crippen LogP contribution in [0.5, 0.6) is 0 Å². The number of carbonyl (C=O) groups excluding carboxylic acids is 4. The van der Waals surface area contributed by atoms with E-state index in [1.54, 1.807) is 94.0 Å². The van der Waals surface area contributed by atoms with Gasteiger partial charge in [0, 0.05) is 85.7 Å². The van der Waals surface area contributed by atoms with E-state index in [1.165, 1.54) is 45.0 Å². The first kappa shape index (κ1) is 106. The van der Waals surface area contributed by atoms with E-state index in [0.29, 0.717) is 28.1 Å². The summed E-state index contributed by atoms with van der Waals surface area (Å²) < 4.78 is 103. The number of nitrogens with one attached hydrogen (secondary N) is 10. The molecular formula is C55H110N23O21PS4. The Hall–Kier alpha value is -8.59. The molecule has 0 aromatic carbocycles. The summed E-state index contributed by atoms with van der Waals surface area (Å²) in [6.07, 6.45) is 3.71. The molecule has 104 heavy (non-hydrogen) atoms. The second-order valence-electron chi connectivity index (χ2n) is 24.5. The van der Waals surface area contributed by atoms with Gasteiger partial charge in [0.2, 0.25) is 27.7 Å². The highest BCUT2D eigenvalue weighted by Crippen LogP contribution is 2.45. The number of sulfone groups is 1. The summed E-state index contributed by atoms with van der Waals surface area (Å²) in [5.41, 5.74) is 0.0891. The van der Waals surface area contributed by atoms with Gasteiger partial charge in [0.15, 0.2) is 17.7 Å². The average molecular weight is 1590 g/mol. The molecule has 44 nitrogen and oxygen atoms in total. The van der Waals surface area contributed by atoms with Gasteiger partial charge in [-0.3, -0.25) is 62.7 Å². The lowest BCUT2D eigenvalue weighted by Gasteiger charge is -2.10. The van der Waals surface area contributed by atoms with Crippen LogP contribution in [0.2, 0.25) is 0 Å². The lowest BCUT2D eigenvalue weighted by atomic mass is 10.2.